The van der Waals surface area contributed by atoms with Crippen molar-refractivity contribution in [3.05, 3.63) is 58.6 Å². The number of sulfonamides is 1. The van der Waals surface area contributed by atoms with E-state index in [1.165, 1.54) is 18.2 Å². The molecule has 0 saturated heterocycles. The Balaban J connectivity index is 2.19. The quantitative estimate of drug-likeness (QED) is 0.669. The zero-order chi connectivity index (χ0) is 21.1. The second kappa shape index (κ2) is 8.97. The first-order chi connectivity index (χ1) is 13.0. The number of aryl methyl sites for hydroxylation is 1. The first-order valence-electron chi connectivity index (χ1n) is 9.21. The third-order valence-electron chi connectivity index (χ3n) is 4.53. The molecule has 2 rings (SSSR count). The molecule has 2 N–H and O–H groups in total. The van der Waals surface area contributed by atoms with Crippen LogP contribution in [-0.4, -0.2) is 20.4 Å². The van der Waals surface area contributed by atoms with Crippen molar-refractivity contribution < 1.29 is 13.2 Å². The van der Waals surface area contributed by atoms with E-state index in [-0.39, 0.29) is 33.7 Å². The second-order valence-electron chi connectivity index (χ2n) is 7.60. The second-order valence-corrected chi connectivity index (χ2v) is 9.69. The van der Waals surface area contributed by atoms with Gasteiger partial charge < -0.3 is 5.32 Å². The van der Waals surface area contributed by atoms with Gasteiger partial charge in [0.2, 0.25) is 0 Å². The monoisotopic (exact) mass is 422 g/mol. The summed E-state index contributed by atoms with van der Waals surface area (Å²) in [6.45, 7) is 10.1. The fourth-order valence-electron chi connectivity index (χ4n) is 3.03. The van der Waals surface area contributed by atoms with Crippen LogP contribution in [0.3, 0.4) is 0 Å². The molecule has 1 amide bonds. The number of hydrogen-bond donors (Lipinski definition) is 2. The minimum Gasteiger partial charge on any atom is -0.349 e. The Labute approximate surface area is 172 Å². The van der Waals surface area contributed by atoms with E-state index in [1.54, 1.807) is 24.3 Å². The molecule has 0 aliphatic rings. The van der Waals surface area contributed by atoms with Gasteiger partial charge in [-0.1, -0.05) is 57.0 Å². The molecular formula is C21H27ClN2O3S. The highest BCUT2D eigenvalue weighted by Gasteiger charge is 2.22. The number of anilines is 1. The fraction of sp³-hybridized carbons (Fsp3) is 0.381. The summed E-state index contributed by atoms with van der Waals surface area (Å²) in [5, 5.41) is 3.20. The minimum atomic E-state index is -3.73. The maximum Gasteiger partial charge on any atom is 0.261 e. The summed E-state index contributed by atoms with van der Waals surface area (Å²) in [5.74, 6) is 0.289. The van der Waals surface area contributed by atoms with Crippen LogP contribution in [0.15, 0.2) is 47.4 Å². The van der Waals surface area contributed by atoms with Gasteiger partial charge in [0.25, 0.3) is 15.9 Å². The van der Waals surface area contributed by atoms with Crippen LogP contribution in [0.4, 0.5) is 5.69 Å². The largest absolute Gasteiger partial charge is 0.349 e. The highest BCUT2D eigenvalue weighted by atomic mass is 35.5. The maximum atomic E-state index is 12.6. The summed E-state index contributed by atoms with van der Waals surface area (Å²) in [7, 11) is -3.73. The number of rotatable bonds is 7. The predicted octanol–water partition coefficient (Wildman–Crippen LogP) is 4.86. The normalized spacial score (nSPS) is 11.9. The molecule has 7 heteroatoms. The molecule has 0 saturated carbocycles. The lowest BCUT2D eigenvalue weighted by Crippen LogP contribution is -2.42. The van der Waals surface area contributed by atoms with Crippen molar-refractivity contribution in [2.75, 3.05) is 4.72 Å². The molecule has 0 radical (unpaired) electrons. The van der Waals surface area contributed by atoms with Crippen LogP contribution in [-0.2, 0) is 10.0 Å². The Hall–Kier alpha value is -2.05. The van der Waals surface area contributed by atoms with Gasteiger partial charge in [-0.2, -0.15) is 0 Å². The molecule has 28 heavy (non-hydrogen) atoms. The Morgan fingerprint density at radius 3 is 2.04 bits per heavy atom. The third kappa shape index (κ3) is 5.49. The lowest BCUT2D eigenvalue weighted by molar-refractivity contribution is 0.0910. The number of carbonyl (C=O) groups is 1. The lowest BCUT2D eigenvalue weighted by atomic mass is 9.93. The van der Waals surface area contributed by atoms with E-state index in [4.69, 9.17) is 11.6 Å². The van der Waals surface area contributed by atoms with Gasteiger partial charge in [0.15, 0.2) is 0 Å². The van der Waals surface area contributed by atoms with E-state index in [0.717, 1.165) is 5.56 Å². The van der Waals surface area contributed by atoms with E-state index in [9.17, 15) is 13.2 Å². The third-order valence-corrected chi connectivity index (χ3v) is 6.24. The number of hydrogen-bond acceptors (Lipinski definition) is 3. The molecule has 0 heterocycles. The molecule has 0 unspecified atom stereocenters. The van der Waals surface area contributed by atoms with Crippen LogP contribution >= 0.6 is 11.6 Å². The van der Waals surface area contributed by atoms with Gasteiger partial charge in [-0.3, -0.25) is 9.52 Å². The zero-order valence-corrected chi connectivity index (χ0v) is 18.4. The van der Waals surface area contributed by atoms with Crippen molar-refractivity contribution in [2.24, 2.45) is 11.8 Å². The van der Waals surface area contributed by atoms with Crippen molar-refractivity contribution >= 4 is 33.2 Å². The Kier molecular flexibility index (Phi) is 7.12. The van der Waals surface area contributed by atoms with E-state index >= 15 is 0 Å². The van der Waals surface area contributed by atoms with Gasteiger partial charge in [-0.15, -0.1) is 0 Å². The summed E-state index contributed by atoms with van der Waals surface area (Å²) in [4.78, 5) is 12.8. The summed E-state index contributed by atoms with van der Waals surface area (Å²) in [6.07, 6.45) is 0. The molecular weight excluding hydrogens is 396 g/mol. The topological polar surface area (TPSA) is 75.3 Å². The van der Waals surface area contributed by atoms with Gasteiger partial charge >= 0.3 is 0 Å². The molecule has 0 aromatic heterocycles. The fourth-order valence-corrected chi connectivity index (χ4v) is 4.34. The molecule has 2 aromatic carbocycles. The highest BCUT2D eigenvalue weighted by Crippen LogP contribution is 2.24. The molecule has 0 aliphatic carbocycles. The molecule has 152 valence electrons. The summed E-state index contributed by atoms with van der Waals surface area (Å²) in [6, 6.07) is 11.1. The predicted molar refractivity (Wildman–Crippen MR) is 114 cm³/mol. The molecule has 0 spiro atoms. The lowest BCUT2D eigenvalue weighted by Gasteiger charge is -2.26. The molecule has 5 nitrogen and oxygen atoms in total. The van der Waals surface area contributed by atoms with E-state index in [1.807, 2.05) is 6.92 Å². The maximum absolute atomic E-state index is 12.6. The van der Waals surface area contributed by atoms with Gasteiger partial charge in [-0.25, -0.2) is 8.42 Å². The Morgan fingerprint density at radius 1 is 0.964 bits per heavy atom. The van der Waals surface area contributed by atoms with E-state index in [0.29, 0.717) is 11.3 Å². The number of carbonyl (C=O) groups excluding carboxylic acids is 1. The highest BCUT2D eigenvalue weighted by molar-refractivity contribution is 7.92. The molecule has 0 fully saturated rings. The Morgan fingerprint density at radius 2 is 1.54 bits per heavy atom. The average molecular weight is 423 g/mol. The van der Waals surface area contributed by atoms with Crippen LogP contribution in [0, 0.1) is 18.8 Å². The van der Waals surface area contributed by atoms with Crippen molar-refractivity contribution in [1.29, 1.82) is 0 Å². The molecule has 0 atom stereocenters. The van der Waals surface area contributed by atoms with E-state index in [2.05, 4.69) is 37.7 Å². The number of amides is 1. The van der Waals surface area contributed by atoms with Gasteiger partial charge in [0.05, 0.1) is 21.2 Å². The SMILES string of the molecule is Cc1ccc(S(=O)(=O)Nc2ccc(C(=O)NC(C(C)C)C(C)C)c(Cl)c2)cc1. The molecule has 2 aromatic rings. The summed E-state index contributed by atoms with van der Waals surface area (Å²) >= 11 is 6.27. The number of benzene rings is 2. The Bertz CT molecular complexity index is 931. The first kappa shape index (κ1) is 22.2. The van der Waals surface area contributed by atoms with Crippen molar-refractivity contribution in [3.63, 3.8) is 0 Å². The number of nitrogens with one attached hydrogen (secondary N) is 2. The van der Waals surface area contributed by atoms with Crippen LogP contribution in [0.25, 0.3) is 0 Å². The van der Waals surface area contributed by atoms with Gasteiger partial charge in [0, 0.05) is 6.04 Å². The smallest absolute Gasteiger partial charge is 0.261 e. The number of halogens is 1. The van der Waals surface area contributed by atoms with Gasteiger partial charge in [-0.05, 0) is 49.1 Å². The summed E-state index contributed by atoms with van der Waals surface area (Å²) < 4.78 is 27.5. The zero-order valence-electron chi connectivity index (χ0n) is 16.8. The van der Waals surface area contributed by atoms with Crippen molar-refractivity contribution in [1.82, 2.24) is 5.32 Å². The molecule has 0 aliphatic heterocycles. The summed E-state index contributed by atoms with van der Waals surface area (Å²) in [5.41, 5.74) is 1.58. The van der Waals surface area contributed by atoms with Crippen LogP contribution in [0.5, 0.6) is 0 Å². The van der Waals surface area contributed by atoms with Gasteiger partial charge in [0.1, 0.15) is 0 Å². The van der Waals surface area contributed by atoms with Crippen LogP contribution < -0.4 is 10.0 Å². The standard InChI is InChI=1S/C21H27ClN2O3S/c1-13(2)20(14(3)4)23-21(25)18-11-8-16(12-19(18)22)24-28(26,27)17-9-6-15(5)7-10-17/h6-14,20,24H,1-5H3,(H,23,25). The first-order valence-corrected chi connectivity index (χ1v) is 11.1. The average Bonchev–Trinajstić information content (AvgIpc) is 2.59. The minimum absolute atomic E-state index is 0.0169. The van der Waals surface area contributed by atoms with Crippen LogP contribution in [0.1, 0.15) is 43.6 Å². The van der Waals surface area contributed by atoms with Crippen molar-refractivity contribution in [2.45, 2.75) is 45.6 Å². The van der Waals surface area contributed by atoms with Crippen LogP contribution in [0.2, 0.25) is 5.02 Å². The van der Waals surface area contributed by atoms with E-state index < -0.39 is 10.0 Å². The van der Waals surface area contributed by atoms with Crippen molar-refractivity contribution in [3.8, 4) is 0 Å². The molecule has 0 bridgehead atoms.